The van der Waals surface area contributed by atoms with E-state index in [0.29, 0.717) is 11.5 Å². The van der Waals surface area contributed by atoms with Crippen molar-refractivity contribution in [2.45, 2.75) is 25.8 Å². The lowest BCUT2D eigenvalue weighted by atomic mass is 9.92. The van der Waals surface area contributed by atoms with Crippen molar-refractivity contribution in [2.75, 3.05) is 36.9 Å². The molecular weight excluding hydrogens is 266 g/mol. The number of benzene rings is 1. The van der Waals surface area contributed by atoms with E-state index in [-0.39, 0.29) is 11.9 Å². The number of carbonyl (C=O) groups excluding carboxylic acids is 1. The summed E-state index contributed by atoms with van der Waals surface area (Å²) in [7, 11) is 0. The van der Waals surface area contributed by atoms with Crippen molar-refractivity contribution >= 4 is 17.3 Å². The van der Waals surface area contributed by atoms with E-state index in [2.05, 4.69) is 22.9 Å². The molecule has 0 spiro atoms. The Labute approximate surface area is 125 Å². The maximum atomic E-state index is 12.4. The van der Waals surface area contributed by atoms with Gasteiger partial charge in [0.1, 0.15) is 0 Å². The summed E-state index contributed by atoms with van der Waals surface area (Å²) in [4.78, 5) is 12.4. The molecule has 0 saturated carbocycles. The van der Waals surface area contributed by atoms with Crippen LogP contribution in [-0.2, 0) is 4.74 Å². The Morgan fingerprint density at radius 1 is 1.24 bits per heavy atom. The first-order chi connectivity index (χ1) is 10.2. The fraction of sp³-hybridized carbons (Fsp3) is 0.562. The highest BCUT2D eigenvalue weighted by atomic mass is 16.5. The van der Waals surface area contributed by atoms with Gasteiger partial charge in [0.05, 0.1) is 11.4 Å². The Balaban J connectivity index is 1.64. The second kappa shape index (κ2) is 6.35. The van der Waals surface area contributed by atoms with Crippen LogP contribution in [0.1, 0.15) is 30.1 Å². The molecule has 1 aromatic carbocycles. The van der Waals surface area contributed by atoms with Gasteiger partial charge in [-0.3, -0.25) is 4.79 Å². The van der Waals surface area contributed by atoms with Crippen molar-refractivity contribution in [1.82, 2.24) is 5.32 Å². The number of carbonyl (C=O) groups is 1. The van der Waals surface area contributed by atoms with E-state index in [4.69, 9.17) is 4.74 Å². The van der Waals surface area contributed by atoms with Gasteiger partial charge < -0.3 is 20.7 Å². The highest BCUT2D eigenvalue weighted by molar-refractivity contribution is 5.96. The van der Waals surface area contributed by atoms with E-state index >= 15 is 0 Å². The van der Waals surface area contributed by atoms with Gasteiger partial charge in [-0.1, -0.05) is 0 Å². The molecule has 1 fully saturated rings. The minimum absolute atomic E-state index is 0.00386. The molecule has 1 amide bonds. The summed E-state index contributed by atoms with van der Waals surface area (Å²) in [6.07, 6.45) is 2.05. The van der Waals surface area contributed by atoms with Crippen LogP contribution in [-0.4, -0.2) is 38.3 Å². The molecule has 1 saturated heterocycles. The van der Waals surface area contributed by atoms with Crippen molar-refractivity contribution in [1.29, 1.82) is 0 Å². The standard InChI is InChI=1S/C16H23N3O2/c1-11(12-4-8-21-9-5-12)19-16(20)13-2-3-14-15(10-13)18-7-6-17-14/h2-3,10-12,17-18H,4-9H2,1H3,(H,19,20). The van der Waals surface area contributed by atoms with Crippen molar-refractivity contribution in [3.05, 3.63) is 23.8 Å². The average Bonchev–Trinajstić information content (AvgIpc) is 2.55. The van der Waals surface area contributed by atoms with E-state index in [1.54, 1.807) is 0 Å². The molecule has 0 aliphatic carbocycles. The second-order valence-corrected chi connectivity index (χ2v) is 5.83. The third-order valence-corrected chi connectivity index (χ3v) is 4.37. The van der Waals surface area contributed by atoms with E-state index in [9.17, 15) is 4.79 Å². The molecule has 1 atom stereocenters. The van der Waals surface area contributed by atoms with Crippen LogP contribution >= 0.6 is 0 Å². The fourth-order valence-electron chi connectivity index (χ4n) is 3.00. The summed E-state index contributed by atoms with van der Waals surface area (Å²) < 4.78 is 5.37. The first-order valence-corrected chi connectivity index (χ1v) is 7.74. The minimum Gasteiger partial charge on any atom is -0.382 e. The Kier molecular flexibility index (Phi) is 4.29. The third kappa shape index (κ3) is 3.29. The molecule has 0 bridgehead atoms. The van der Waals surface area contributed by atoms with Crippen molar-refractivity contribution < 1.29 is 9.53 Å². The molecule has 1 aromatic rings. The van der Waals surface area contributed by atoms with Gasteiger partial charge in [0.15, 0.2) is 0 Å². The predicted molar refractivity (Wildman–Crippen MR) is 83.9 cm³/mol. The number of amides is 1. The van der Waals surface area contributed by atoms with Crippen molar-refractivity contribution in [2.24, 2.45) is 5.92 Å². The number of nitrogens with one attached hydrogen (secondary N) is 3. The molecular formula is C16H23N3O2. The summed E-state index contributed by atoms with van der Waals surface area (Å²) in [6, 6.07) is 5.96. The van der Waals surface area contributed by atoms with Gasteiger partial charge in [0, 0.05) is 37.9 Å². The van der Waals surface area contributed by atoms with E-state index in [0.717, 1.165) is 50.5 Å². The molecule has 114 valence electrons. The number of ether oxygens (including phenoxy) is 1. The molecule has 5 heteroatoms. The molecule has 3 N–H and O–H groups in total. The summed E-state index contributed by atoms with van der Waals surface area (Å²) in [5.41, 5.74) is 2.78. The first kappa shape index (κ1) is 14.2. The van der Waals surface area contributed by atoms with Crippen molar-refractivity contribution in [3.63, 3.8) is 0 Å². The highest BCUT2D eigenvalue weighted by Crippen LogP contribution is 2.25. The largest absolute Gasteiger partial charge is 0.382 e. The monoisotopic (exact) mass is 289 g/mol. The number of anilines is 2. The lowest BCUT2D eigenvalue weighted by Gasteiger charge is -2.28. The van der Waals surface area contributed by atoms with Crippen LogP contribution in [0, 0.1) is 5.92 Å². The average molecular weight is 289 g/mol. The SMILES string of the molecule is CC(NC(=O)c1ccc2c(c1)NCCN2)C1CCOCC1. The normalized spacial score (nSPS) is 19.9. The first-order valence-electron chi connectivity index (χ1n) is 7.74. The molecule has 21 heavy (non-hydrogen) atoms. The molecule has 5 nitrogen and oxygen atoms in total. The van der Waals surface area contributed by atoms with Crippen LogP contribution in [0.5, 0.6) is 0 Å². The zero-order chi connectivity index (χ0) is 14.7. The van der Waals surface area contributed by atoms with Crippen LogP contribution in [0.2, 0.25) is 0 Å². The number of rotatable bonds is 3. The molecule has 2 aliphatic rings. The lowest BCUT2D eigenvalue weighted by Crippen LogP contribution is -2.40. The van der Waals surface area contributed by atoms with Gasteiger partial charge in [-0.2, -0.15) is 0 Å². The Bertz CT molecular complexity index is 512. The van der Waals surface area contributed by atoms with Gasteiger partial charge in [0.2, 0.25) is 0 Å². The Morgan fingerprint density at radius 2 is 1.95 bits per heavy atom. The van der Waals surface area contributed by atoms with Gasteiger partial charge in [0.25, 0.3) is 5.91 Å². The second-order valence-electron chi connectivity index (χ2n) is 5.83. The van der Waals surface area contributed by atoms with Crippen LogP contribution in [0.4, 0.5) is 11.4 Å². The number of hydrogen-bond donors (Lipinski definition) is 3. The maximum Gasteiger partial charge on any atom is 0.251 e. The van der Waals surface area contributed by atoms with Gasteiger partial charge in [-0.05, 0) is 43.9 Å². The minimum atomic E-state index is 0.00386. The van der Waals surface area contributed by atoms with Crippen LogP contribution in [0.25, 0.3) is 0 Å². The highest BCUT2D eigenvalue weighted by Gasteiger charge is 2.22. The van der Waals surface area contributed by atoms with Gasteiger partial charge in [-0.15, -0.1) is 0 Å². The van der Waals surface area contributed by atoms with Crippen LogP contribution < -0.4 is 16.0 Å². The predicted octanol–water partition coefficient (Wildman–Crippen LogP) is 2.07. The Hall–Kier alpha value is -1.75. The number of fused-ring (bicyclic) bond motifs is 1. The molecule has 0 radical (unpaired) electrons. The third-order valence-electron chi connectivity index (χ3n) is 4.37. The molecule has 2 aliphatic heterocycles. The zero-order valence-corrected chi connectivity index (χ0v) is 12.4. The van der Waals surface area contributed by atoms with Crippen molar-refractivity contribution in [3.8, 4) is 0 Å². The zero-order valence-electron chi connectivity index (χ0n) is 12.4. The summed E-state index contributed by atoms with van der Waals surface area (Å²) >= 11 is 0. The van der Waals surface area contributed by atoms with Gasteiger partial charge in [-0.25, -0.2) is 0 Å². The lowest BCUT2D eigenvalue weighted by molar-refractivity contribution is 0.0538. The van der Waals surface area contributed by atoms with E-state index in [1.165, 1.54) is 0 Å². The maximum absolute atomic E-state index is 12.4. The number of hydrogen-bond acceptors (Lipinski definition) is 4. The smallest absolute Gasteiger partial charge is 0.251 e. The summed E-state index contributed by atoms with van der Waals surface area (Å²) in [6.45, 7) is 5.50. The summed E-state index contributed by atoms with van der Waals surface area (Å²) in [5.74, 6) is 0.518. The molecule has 3 rings (SSSR count). The van der Waals surface area contributed by atoms with E-state index in [1.807, 2.05) is 18.2 Å². The van der Waals surface area contributed by atoms with Gasteiger partial charge >= 0.3 is 0 Å². The van der Waals surface area contributed by atoms with Crippen LogP contribution in [0.3, 0.4) is 0 Å². The quantitative estimate of drug-likeness (QED) is 0.797. The van der Waals surface area contributed by atoms with E-state index < -0.39 is 0 Å². The van der Waals surface area contributed by atoms with Crippen LogP contribution in [0.15, 0.2) is 18.2 Å². The molecule has 0 aromatic heterocycles. The molecule has 1 unspecified atom stereocenters. The molecule has 2 heterocycles. The topological polar surface area (TPSA) is 62.4 Å². The Morgan fingerprint density at radius 3 is 2.71 bits per heavy atom. The fourth-order valence-corrected chi connectivity index (χ4v) is 3.00. The summed E-state index contributed by atoms with van der Waals surface area (Å²) in [5, 5.41) is 9.76.